The third-order valence-electron chi connectivity index (χ3n) is 6.61. The highest BCUT2D eigenvalue weighted by atomic mass is 35.5. The molecule has 0 aromatic heterocycles. The third-order valence-corrected chi connectivity index (χ3v) is 7.24. The number of amides is 2. The molecule has 3 N–H and O–H groups in total. The van der Waals surface area contributed by atoms with Crippen LogP contribution in [-0.2, 0) is 22.4 Å². The standard InChI is InChI=1S/C30H31Cl2N3O5/c1-34(2)21-12-13-25(35(3)30(33)39)22(17-21)26(36)15-19-10-8-18(9-11-19)14-20(29(38)40-4)16-27(37)28-23(31)6-5-7-24(28)32/h5-13,17,20H,14-16H2,1-4H3,(H2,33,39)/p+1/t20-/m1/s1. The quantitative estimate of drug-likeness (QED) is 0.254. The Labute approximate surface area is 243 Å². The minimum atomic E-state index is -0.746. The van der Waals surface area contributed by atoms with E-state index >= 15 is 0 Å². The van der Waals surface area contributed by atoms with Gasteiger partial charge < -0.3 is 9.64 Å². The minimum absolute atomic E-state index is 0.104. The summed E-state index contributed by atoms with van der Waals surface area (Å²) in [7, 11) is 6.59. The minimum Gasteiger partial charge on any atom is -0.469 e. The first-order chi connectivity index (χ1) is 18.9. The lowest BCUT2D eigenvalue weighted by molar-refractivity contribution is -0.246. The number of carbonyl (C=O) groups is 4. The van der Waals surface area contributed by atoms with E-state index in [1.807, 2.05) is 37.2 Å². The van der Waals surface area contributed by atoms with Crippen molar-refractivity contribution >= 4 is 58.1 Å². The zero-order valence-corrected chi connectivity index (χ0v) is 24.4. The van der Waals surface area contributed by atoms with Crippen LogP contribution in [0.25, 0.3) is 0 Å². The van der Waals surface area contributed by atoms with Crippen LogP contribution < -0.4 is 15.5 Å². The lowest BCUT2D eigenvalue weighted by Gasteiger charge is -2.20. The molecule has 10 heteroatoms. The summed E-state index contributed by atoms with van der Waals surface area (Å²) in [4.78, 5) is 53.9. The van der Waals surface area contributed by atoms with Crippen molar-refractivity contribution in [2.45, 2.75) is 19.3 Å². The highest BCUT2D eigenvalue weighted by Gasteiger charge is 2.26. The van der Waals surface area contributed by atoms with Crippen LogP contribution in [0.2, 0.25) is 10.0 Å². The summed E-state index contributed by atoms with van der Waals surface area (Å²) in [6.07, 6.45) is 0.229. The molecule has 3 rings (SSSR count). The number of halogens is 2. The van der Waals surface area contributed by atoms with Crippen molar-refractivity contribution in [2.75, 3.05) is 38.1 Å². The second-order valence-corrected chi connectivity index (χ2v) is 10.4. The van der Waals surface area contributed by atoms with Crippen molar-refractivity contribution in [2.24, 2.45) is 5.92 Å². The second-order valence-electron chi connectivity index (χ2n) is 9.61. The number of nitrogens with zero attached hydrogens (tertiary/aromatic N) is 2. The zero-order chi connectivity index (χ0) is 29.6. The number of urea groups is 1. The van der Waals surface area contributed by atoms with Gasteiger partial charge in [0.1, 0.15) is 0 Å². The first-order valence-electron chi connectivity index (χ1n) is 12.5. The summed E-state index contributed by atoms with van der Waals surface area (Å²) < 4.78 is 4.94. The van der Waals surface area contributed by atoms with Crippen LogP contribution in [0.1, 0.15) is 38.3 Å². The number of methoxy groups -OCH3 is 1. The van der Waals surface area contributed by atoms with E-state index in [-0.39, 0.29) is 46.4 Å². The molecule has 0 aliphatic rings. The zero-order valence-electron chi connectivity index (χ0n) is 22.9. The fourth-order valence-electron chi connectivity index (χ4n) is 4.31. The Morgan fingerprint density at radius 1 is 0.875 bits per heavy atom. The molecule has 2 amide bonds. The largest absolute Gasteiger partial charge is 0.469 e. The van der Waals surface area contributed by atoms with Crippen molar-refractivity contribution < 1.29 is 29.6 Å². The number of ether oxygens (including phenoxy) is 1. The van der Waals surface area contributed by atoms with E-state index in [0.29, 0.717) is 11.3 Å². The van der Waals surface area contributed by atoms with E-state index in [1.54, 1.807) is 49.5 Å². The molecular weight excluding hydrogens is 553 g/mol. The highest BCUT2D eigenvalue weighted by molar-refractivity contribution is 6.39. The van der Waals surface area contributed by atoms with Crippen LogP contribution in [-0.4, -0.2) is 51.8 Å². The monoisotopic (exact) mass is 584 g/mol. The highest BCUT2D eigenvalue weighted by Crippen LogP contribution is 2.29. The summed E-state index contributed by atoms with van der Waals surface area (Å²) in [5.74, 6) is -1.78. The van der Waals surface area contributed by atoms with Crippen LogP contribution in [0.15, 0.2) is 60.7 Å². The van der Waals surface area contributed by atoms with Gasteiger partial charge in [0.2, 0.25) is 0 Å². The van der Waals surface area contributed by atoms with Gasteiger partial charge in [-0.15, -0.1) is 0 Å². The molecule has 0 spiro atoms. The molecule has 1 atom stereocenters. The van der Waals surface area contributed by atoms with Crippen molar-refractivity contribution in [1.82, 2.24) is 0 Å². The molecule has 0 saturated carbocycles. The molecule has 0 bridgehead atoms. The van der Waals surface area contributed by atoms with E-state index < -0.39 is 17.9 Å². The summed E-state index contributed by atoms with van der Waals surface area (Å²) in [6, 6.07) is 16.9. The van der Waals surface area contributed by atoms with Crippen LogP contribution in [0.5, 0.6) is 0 Å². The second kappa shape index (κ2) is 13.6. The number of benzene rings is 3. The number of ketones is 2. The number of esters is 1. The predicted molar refractivity (Wildman–Crippen MR) is 157 cm³/mol. The number of carbonyl (C=O) groups excluding carboxylic acids is 4. The predicted octanol–water partition coefficient (Wildman–Crippen LogP) is 4.89. The van der Waals surface area contributed by atoms with Crippen molar-refractivity contribution in [3.05, 3.63) is 93.0 Å². The summed E-state index contributed by atoms with van der Waals surface area (Å²) in [5, 5.41) is 0.445. The molecule has 0 aliphatic heterocycles. The van der Waals surface area contributed by atoms with E-state index in [4.69, 9.17) is 27.9 Å². The van der Waals surface area contributed by atoms with Crippen LogP contribution in [0.4, 0.5) is 16.2 Å². The number of hydrogen-bond donors (Lipinski definition) is 1. The Balaban J connectivity index is 1.78. The molecule has 0 saturated heterocycles. The first-order valence-corrected chi connectivity index (χ1v) is 13.3. The number of hydrogen-bond acceptors (Lipinski definition) is 6. The van der Waals surface area contributed by atoms with Crippen molar-refractivity contribution in [1.29, 1.82) is 0 Å². The maximum absolute atomic E-state index is 13.3. The molecule has 8 nitrogen and oxygen atoms in total. The Morgan fingerprint density at radius 2 is 1.48 bits per heavy atom. The molecule has 0 fully saturated rings. The average molecular weight is 586 g/mol. The van der Waals surface area contributed by atoms with Crippen molar-refractivity contribution in [3.63, 3.8) is 0 Å². The van der Waals surface area contributed by atoms with Gasteiger partial charge in [0.05, 0.1) is 34.3 Å². The maximum atomic E-state index is 13.3. The fraction of sp³-hybridized carbons (Fsp3) is 0.267. The van der Waals surface area contributed by atoms with Gasteiger partial charge in [-0.3, -0.25) is 25.0 Å². The SMILES string of the molecule is COC(=O)[C@@H](CC(=O)c1c(Cl)cccc1Cl)Cc1ccc(CC(=O)c2cc(N(C)C)ccc2N(C)C([NH3+])=O)cc1. The summed E-state index contributed by atoms with van der Waals surface area (Å²) in [5.41, 5.74) is 6.90. The number of Topliss-reactive ketones (excluding diaryl/α,β-unsaturated/α-hetero) is 2. The van der Waals surface area contributed by atoms with E-state index in [0.717, 1.165) is 16.8 Å². The Bertz CT molecular complexity index is 1400. The molecular formula is C30H32Cl2N3O5+. The smallest absolute Gasteiger partial charge is 0.418 e. The average Bonchev–Trinajstić information content (AvgIpc) is 2.92. The summed E-state index contributed by atoms with van der Waals surface area (Å²) >= 11 is 12.4. The van der Waals surface area contributed by atoms with Gasteiger partial charge in [0.15, 0.2) is 11.6 Å². The number of anilines is 2. The molecule has 3 aromatic carbocycles. The number of rotatable bonds is 11. The Morgan fingerprint density at radius 3 is 2.02 bits per heavy atom. The van der Waals surface area contributed by atoms with Crippen molar-refractivity contribution in [3.8, 4) is 0 Å². The Kier molecular flexibility index (Phi) is 10.5. The van der Waals surface area contributed by atoms with Gasteiger partial charge >= 0.3 is 12.0 Å². The lowest BCUT2D eigenvalue weighted by atomic mass is 9.91. The van der Waals surface area contributed by atoms with Gasteiger partial charge in [-0.05, 0) is 47.9 Å². The molecule has 0 aliphatic carbocycles. The normalized spacial score (nSPS) is 11.5. The van der Waals surface area contributed by atoms with Gasteiger partial charge in [-0.1, -0.05) is 53.5 Å². The van der Waals surface area contributed by atoms with Crippen LogP contribution >= 0.6 is 23.2 Å². The third kappa shape index (κ3) is 7.47. The molecule has 210 valence electrons. The lowest BCUT2D eigenvalue weighted by Crippen LogP contribution is -2.63. The van der Waals surface area contributed by atoms with E-state index in [2.05, 4.69) is 5.73 Å². The summed E-state index contributed by atoms with van der Waals surface area (Å²) in [6.45, 7) is 0. The maximum Gasteiger partial charge on any atom is 0.418 e. The molecule has 40 heavy (non-hydrogen) atoms. The Hall–Kier alpha value is -3.72. The van der Waals surface area contributed by atoms with E-state index in [1.165, 1.54) is 12.0 Å². The first kappa shape index (κ1) is 30.8. The van der Waals surface area contributed by atoms with Crippen LogP contribution in [0.3, 0.4) is 0 Å². The van der Waals surface area contributed by atoms with Gasteiger partial charge in [-0.2, -0.15) is 0 Å². The molecule has 0 radical (unpaired) electrons. The fourth-order valence-corrected chi connectivity index (χ4v) is 4.91. The topological polar surface area (TPSA) is 112 Å². The van der Waals surface area contributed by atoms with Gasteiger partial charge in [-0.25, -0.2) is 4.79 Å². The molecule has 0 heterocycles. The van der Waals surface area contributed by atoms with Crippen LogP contribution in [0, 0.1) is 5.92 Å². The van der Waals surface area contributed by atoms with Gasteiger partial charge in [0.25, 0.3) is 0 Å². The van der Waals surface area contributed by atoms with E-state index in [9.17, 15) is 19.2 Å². The molecule has 0 unspecified atom stereocenters. The molecule has 3 aromatic rings. The number of quaternary nitrogens is 1. The van der Waals surface area contributed by atoms with Gasteiger partial charge in [0, 0.05) is 45.2 Å².